The highest BCUT2D eigenvalue weighted by molar-refractivity contribution is 7.07. The normalized spacial score (nSPS) is 14.7. The molecule has 1 aliphatic rings. The van der Waals surface area contributed by atoms with Crippen LogP contribution in [-0.2, 0) is 9.53 Å². The van der Waals surface area contributed by atoms with E-state index in [1.54, 1.807) is 59.9 Å². The second-order valence-corrected chi connectivity index (χ2v) is 10.8. The number of nitrogens with zero attached hydrogens (tertiary/aromatic N) is 3. The SMILES string of the molecule is CCOC(=O)c1ccc(-c2ccc(/C=c3/sc4n(c3=O)[C@@H](c3ccccc3OC)C(C(=O)N(CC)CC)=C(C)N=4)o2)cc1. The van der Waals surface area contributed by atoms with E-state index >= 15 is 0 Å². The Bertz CT molecular complexity index is 1880. The molecule has 0 aliphatic carbocycles. The van der Waals surface area contributed by atoms with Gasteiger partial charge in [-0.25, -0.2) is 9.79 Å². The van der Waals surface area contributed by atoms with Crippen LogP contribution in [0.1, 0.15) is 55.4 Å². The van der Waals surface area contributed by atoms with E-state index in [9.17, 15) is 14.4 Å². The van der Waals surface area contributed by atoms with Crippen LogP contribution in [0.5, 0.6) is 5.75 Å². The zero-order valence-corrected chi connectivity index (χ0v) is 25.6. The number of furan rings is 1. The summed E-state index contributed by atoms with van der Waals surface area (Å²) in [5.41, 5.74) is 2.66. The molecule has 0 spiro atoms. The molecule has 0 bridgehead atoms. The fraction of sp³-hybridized carbons (Fsp3) is 0.273. The van der Waals surface area contributed by atoms with Crippen LogP contribution in [0.2, 0.25) is 0 Å². The third-order valence-corrected chi connectivity index (χ3v) is 8.30. The molecule has 0 radical (unpaired) electrons. The fourth-order valence-corrected chi connectivity index (χ4v) is 6.19. The fourth-order valence-electron chi connectivity index (χ4n) is 5.16. The molecule has 0 saturated carbocycles. The quantitative estimate of drug-likeness (QED) is 0.262. The molecular weight excluding hydrogens is 566 g/mol. The van der Waals surface area contributed by atoms with Gasteiger partial charge in [-0.3, -0.25) is 14.2 Å². The Morgan fingerprint density at radius 3 is 2.44 bits per heavy atom. The number of rotatable bonds is 9. The van der Waals surface area contributed by atoms with Gasteiger partial charge in [-0.1, -0.05) is 41.7 Å². The number of ether oxygens (including phenoxy) is 2. The van der Waals surface area contributed by atoms with Gasteiger partial charge in [-0.2, -0.15) is 0 Å². The highest BCUT2D eigenvalue weighted by atomic mass is 32.1. The maximum absolute atomic E-state index is 14.0. The maximum atomic E-state index is 14.0. The number of carbonyl (C=O) groups excluding carboxylic acids is 2. The van der Waals surface area contributed by atoms with Crippen LogP contribution in [0.4, 0.5) is 0 Å². The highest BCUT2D eigenvalue weighted by Gasteiger charge is 2.35. The van der Waals surface area contributed by atoms with Crippen LogP contribution in [-0.4, -0.2) is 48.1 Å². The van der Waals surface area contributed by atoms with Crippen molar-refractivity contribution in [2.24, 2.45) is 4.99 Å². The van der Waals surface area contributed by atoms with Crippen molar-refractivity contribution < 1.29 is 23.5 Å². The zero-order chi connectivity index (χ0) is 30.7. The lowest BCUT2D eigenvalue weighted by molar-refractivity contribution is -0.127. The molecular formula is C33H33N3O6S. The molecule has 0 unspecified atom stereocenters. The molecule has 1 amide bonds. The van der Waals surface area contributed by atoms with Gasteiger partial charge in [-0.05, 0) is 58.0 Å². The van der Waals surface area contributed by atoms with E-state index in [1.165, 1.54) is 11.3 Å². The predicted molar refractivity (Wildman–Crippen MR) is 165 cm³/mol. The molecule has 0 saturated heterocycles. The van der Waals surface area contributed by atoms with Gasteiger partial charge in [-0.15, -0.1) is 0 Å². The van der Waals surface area contributed by atoms with Crippen LogP contribution < -0.4 is 19.6 Å². The minimum absolute atomic E-state index is 0.166. The molecule has 1 atom stereocenters. The molecule has 3 heterocycles. The van der Waals surface area contributed by atoms with Crippen molar-refractivity contribution in [3.05, 3.63) is 109 Å². The summed E-state index contributed by atoms with van der Waals surface area (Å²) in [4.78, 5) is 46.8. The van der Waals surface area contributed by atoms with Gasteiger partial charge >= 0.3 is 5.97 Å². The van der Waals surface area contributed by atoms with Gasteiger partial charge in [0, 0.05) is 30.3 Å². The van der Waals surface area contributed by atoms with Crippen molar-refractivity contribution in [1.82, 2.24) is 9.47 Å². The van der Waals surface area contributed by atoms with Gasteiger partial charge in [0.1, 0.15) is 23.3 Å². The number of thiazole rings is 1. The number of allylic oxidation sites excluding steroid dienone is 1. The lowest BCUT2D eigenvalue weighted by Gasteiger charge is -2.29. The number of hydrogen-bond acceptors (Lipinski definition) is 8. The highest BCUT2D eigenvalue weighted by Crippen LogP contribution is 2.36. The lowest BCUT2D eigenvalue weighted by atomic mass is 9.94. The second-order valence-electron chi connectivity index (χ2n) is 9.80. The number of methoxy groups -OCH3 is 1. The molecule has 0 fully saturated rings. The molecule has 10 heteroatoms. The first kappa shape index (κ1) is 29.8. The summed E-state index contributed by atoms with van der Waals surface area (Å²) in [5, 5.41) is 0. The van der Waals surface area contributed by atoms with Gasteiger partial charge in [0.2, 0.25) is 0 Å². The van der Waals surface area contributed by atoms with E-state index < -0.39 is 6.04 Å². The van der Waals surface area contributed by atoms with E-state index in [0.717, 1.165) is 5.56 Å². The number of amides is 1. The molecule has 0 N–H and O–H groups in total. The smallest absolute Gasteiger partial charge is 0.338 e. The Kier molecular flexibility index (Phi) is 8.77. The third-order valence-electron chi connectivity index (χ3n) is 7.32. The van der Waals surface area contributed by atoms with Gasteiger partial charge in [0.05, 0.1) is 35.1 Å². The van der Waals surface area contributed by atoms with E-state index in [0.29, 0.717) is 68.7 Å². The number of benzene rings is 2. The molecule has 43 heavy (non-hydrogen) atoms. The topological polar surface area (TPSA) is 103 Å². The van der Waals surface area contributed by atoms with Crippen molar-refractivity contribution in [3.63, 3.8) is 0 Å². The first-order valence-corrected chi connectivity index (χ1v) is 14.9. The predicted octanol–water partition coefficient (Wildman–Crippen LogP) is 4.55. The monoisotopic (exact) mass is 599 g/mol. The average molecular weight is 600 g/mol. The molecule has 222 valence electrons. The summed E-state index contributed by atoms with van der Waals surface area (Å²) in [6.45, 7) is 8.79. The maximum Gasteiger partial charge on any atom is 0.338 e. The Hall–Kier alpha value is -4.70. The minimum Gasteiger partial charge on any atom is -0.496 e. The molecule has 2 aromatic heterocycles. The Balaban J connectivity index is 1.59. The van der Waals surface area contributed by atoms with Crippen molar-refractivity contribution in [1.29, 1.82) is 0 Å². The Labute approximate surface area is 253 Å². The van der Waals surface area contributed by atoms with Crippen LogP contribution in [0.15, 0.2) is 86.1 Å². The summed E-state index contributed by atoms with van der Waals surface area (Å²) in [6, 6.07) is 17.2. The van der Waals surface area contributed by atoms with E-state index in [2.05, 4.69) is 0 Å². The second kappa shape index (κ2) is 12.7. The first-order valence-electron chi connectivity index (χ1n) is 14.1. The van der Waals surface area contributed by atoms with E-state index in [1.807, 2.05) is 51.1 Å². The number of para-hydroxylation sites is 1. The van der Waals surface area contributed by atoms with Crippen molar-refractivity contribution in [2.75, 3.05) is 26.8 Å². The summed E-state index contributed by atoms with van der Waals surface area (Å²) in [6.07, 6.45) is 1.69. The number of carbonyl (C=O) groups is 2. The first-order chi connectivity index (χ1) is 20.8. The average Bonchev–Trinajstić information content (AvgIpc) is 3.61. The van der Waals surface area contributed by atoms with Crippen molar-refractivity contribution in [3.8, 4) is 17.1 Å². The standard InChI is InChI=1S/C33H33N3O6S/c1-6-35(7-2)31(38)28-20(4)34-33-36(29(28)24-11-9-10-12-26(24)40-5)30(37)27(43-33)19-23-17-18-25(42-23)21-13-15-22(16-14-21)32(39)41-8-3/h9-19,29H,6-8H2,1-5H3/b27-19+/t29-/m0/s1. The van der Waals surface area contributed by atoms with Crippen LogP contribution in [0, 0.1) is 0 Å². The number of hydrogen-bond donors (Lipinski definition) is 0. The summed E-state index contributed by atoms with van der Waals surface area (Å²) in [7, 11) is 1.57. The lowest BCUT2D eigenvalue weighted by Crippen LogP contribution is -2.43. The number of likely N-dealkylation sites (N-methyl/N-ethyl adjacent to an activating group) is 1. The third kappa shape index (κ3) is 5.70. The largest absolute Gasteiger partial charge is 0.496 e. The summed E-state index contributed by atoms with van der Waals surface area (Å²) >= 11 is 1.24. The molecule has 2 aromatic carbocycles. The summed E-state index contributed by atoms with van der Waals surface area (Å²) < 4.78 is 18.8. The van der Waals surface area contributed by atoms with Gasteiger partial charge in [0.15, 0.2) is 4.80 Å². The van der Waals surface area contributed by atoms with E-state index in [4.69, 9.17) is 18.9 Å². The van der Waals surface area contributed by atoms with Crippen LogP contribution in [0.3, 0.4) is 0 Å². The van der Waals surface area contributed by atoms with Crippen molar-refractivity contribution >= 4 is 29.3 Å². The Morgan fingerprint density at radius 2 is 1.77 bits per heavy atom. The molecule has 9 nitrogen and oxygen atoms in total. The molecule has 1 aliphatic heterocycles. The molecule has 4 aromatic rings. The number of aromatic nitrogens is 1. The van der Waals surface area contributed by atoms with Gasteiger partial charge < -0.3 is 18.8 Å². The Morgan fingerprint density at radius 1 is 1.05 bits per heavy atom. The summed E-state index contributed by atoms with van der Waals surface area (Å²) in [5.74, 6) is 1.10. The van der Waals surface area contributed by atoms with Crippen LogP contribution in [0.25, 0.3) is 17.4 Å². The van der Waals surface area contributed by atoms with Gasteiger partial charge in [0.25, 0.3) is 11.5 Å². The molecule has 5 rings (SSSR count). The number of fused-ring (bicyclic) bond motifs is 1. The zero-order valence-electron chi connectivity index (χ0n) is 24.7. The number of esters is 1. The van der Waals surface area contributed by atoms with E-state index in [-0.39, 0.29) is 17.4 Å². The van der Waals surface area contributed by atoms with Crippen LogP contribution >= 0.6 is 11.3 Å². The minimum atomic E-state index is -0.715. The van der Waals surface area contributed by atoms with Crippen molar-refractivity contribution in [2.45, 2.75) is 33.7 Å².